The number of aryl methyl sites for hydroxylation is 1. The van der Waals surface area contributed by atoms with Gasteiger partial charge in [0.15, 0.2) is 0 Å². The van der Waals surface area contributed by atoms with Crippen LogP contribution in [-0.2, 0) is 18.9 Å². The lowest BCUT2D eigenvalue weighted by molar-refractivity contribution is 0.0516. The highest BCUT2D eigenvalue weighted by Gasteiger charge is 2.18. The monoisotopic (exact) mass is 1420 g/mol. The number of likely N-dealkylation sites (N-methyl/N-ethyl adjacent to an activating group) is 2. The summed E-state index contributed by atoms with van der Waals surface area (Å²) in [5, 5.41) is 0. The molecule has 3 aromatic rings. The van der Waals surface area contributed by atoms with Crippen molar-refractivity contribution in [2.75, 3.05) is 87.1 Å². The van der Waals surface area contributed by atoms with E-state index in [1.807, 2.05) is 12.1 Å². The molecule has 110 heavy (non-hydrogen) atoms. The topological polar surface area (TPSA) is 52.6 Å². The molecule has 3 unspecified atom stereocenters. The molecule has 3 atom stereocenters. The van der Waals surface area contributed by atoms with Crippen molar-refractivity contribution in [3.05, 3.63) is 107 Å². The lowest BCUT2D eigenvalue weighted by Crippen LogP contribution is -2.31. The standard InChI is InChI=1S/C60H6.C16H27NO3.C16H27NO2.C11H12/c1-3-5-7-9-11-13-15-17-19-21-23-25-27-29-31-33-35-37-39-41-43-45-47-49-51-53-55-57-59-60-58-56-54-52-50-48-46-44-42-40-38-36-34-32-30-28-26-24-22-20-18-16-14-12-10-8-6-4-2;1-5-17(10-11-20-13-12-18-3)14(2)15-8-6-7-9-16(15)19-4;1-5-17(10-11-19-13-12-18-4)15(3)16-9-7-6-8-14(16)2;1-8-7-9(2)11-6-4-3-5-10(8)11/h1-2H3;6-9,14H,5,10-13H2,1-4H3;6-9,15H,5,10-13H2,1-4H3;3-8H,1-2H3. The Morgan fingerprint density at radius 1 is 0.318 bits per heavy atom. The van der Waals surface area contributed by atoms with Gasteiger partial charge in [0, 0.05) is 288 Å². The molecule has 0 saturated carbocycles. The predicted molar refractivity (Wildman–Crippen MR) is 446 cm³/mol. The number of benzene rings is 3. The molecule has 3 aromatic carbocycles. The molecule has 7 heteroatoms. The fourth-order valence-corrected chi connectivity index (χ4v) is 8.18. The van der Waals surface area contributed by atoms with Crippen LogP contribution in [0.4, 0.5) is 0 Å². The van der Waals surface area contributed by atoms with Gasteiger partial charge in [-0.25, -0.2) is 0 Å². The summed E-state index contributed by atoms with van der Waals surface area (Å²) in [4.78, 5) is 4.82. The first-order valence-corrected chi connectivity index (χ1v) is 33.6. The molecular weight excluding hydrogens is 1350 g/mol. The van der Waals surface area contributed by atoms with Crippen molar-refractivity contribution >= 4 is 5.57 Å². The lowest BCUT2D eigenvalue weighted by atomic mass is 10.0. The molecule has 524 valence electrons. The Balaban J connectivity index is 0.000000953. The van der Waals surface area contributed by atoms with E-state index in [9.17, 15) is 0 Å². The minimum Gasteiger partial charge on any atom is -0.496 e. The maximum absolute atomic E-state index is 5.56. The molecule has 0 aliphatic heterocycles. The zero-order chi connectivity index (χ0) is 79.7. The van der Waals surface area contributed by atoms with Crippen molar-refractivity contribution in [2.45, 2.75) is 80.3 Å². The number of allylic oxidation sites excluding steroid dienone is 2. The van der Waals surface area contributed by atoms with E-state index in [2.05, 4.69) is 468 Å². The van der Waals surface area contributed by atoms with Crippen LogP contribution in [0.3, 0.4) is 0 Å². The summed E-state index contributed by atoms with van der Waals surface area (Å²) in [6.45, 7) is 26.8. The van der Waals surface area contributed by atoms with Gasteiger partial charge in [0.05, 0.1) is 46.8 Å². The number of rotatable bonds is 19. The van der Waals surface area contributed by atoms with Crippen molar-refractivity contribution in [3.63, 3.8) is 0 Å². The van der Waals surface area contributed by atoms with E-state index in [0.717, 1.165) is 45.1 Å². The summed E-state index contributed by atoms with van der Waals surface area (Å²) in [6, 6.07) is 26.1. The van der Waals surface area contributed by atoms with Gasteiger partial charge in [0.1, 0.15) is 5.75 Å². The summed E-state index contributed by atoms with van der Waals surface area (Å²) in [7, 11) is 5.10. The van der Waals surface area contributed by atoms with Gasteiger partial charge in [-0.15, -0.1) is 0 Å². The average molecular weight is 1420 g/mol. The largest absolute Gasteiger partial charge is 0.496 e. The van der Waals surface area contributed by atoms with Gasteiger partial charge in [-0.05, 0) is 183 Å². The molecule has 7 nitrogen and oxygen atoms in total. The highest BCUT2D eigenvalue weighted by atomic mass is 16.5. The van der Waals surface area contributed by atoms with E-state index < -0.39 is 0 Å². The van der Waals surface area contributed by atoms with E-state index in [1.54, 1.807) is 35.2 Å². The molecule has 0 spiro atoms. The van der Waals surface area contributed by atoms with E-state index >= 15 is 0 Å². The quantitative estimate of drug-likeness (QED) is 0.0876. The maximum Gasteiger partial charge on any atom is 0.123 e. The van der Waals surface area contributed by atoms with Gasteiger partial charge in [-0.1, -0.05) is 105 Å². The zero-order valence-corrected chi connectivity index (χ0v) is 63.7. The molecule has 0 fully saturated rings. The highest BCUT2D eigenvalue weighted by molar-refractivity contribution is 5.73. The number of hydrogen-bond donors (Lipinski definition) is 0. The van der Waals surface area contributed by atoms with E-state index in [-0.39, 0.29) is 0 Å². The Bertz CT molecular complexity index is 5520. The summed E-state index contributed by atoms with van der Waals surface area (Å²) < 4.78 is 26.5. The number of hydrogen-bond acceptors (Lipinski definition) is 7. The number of para-hydroxylation sites is 1. The lowest BCUT2D eigenvalue weighted by Gasteiger charge is -2.29. The summed E-state index contributed by atoms with van der Waals surface area (Å²) in [5.74, 6) is 147. The van der Waals surface area contributed by atoms with Crippen molar-refractivity contribution in [2.24, 2.45) is 0 Å². The highest BCUT2D eigenvalue weighted by Crippen LogP contribution is 2.34. The number of nitrogens with zero attached hydrogens (tertiary/aromatic N) is 2. The van der Waals surface area contributed by atoms with Crippen molar-refractivity contribution < 1.29 is 23.7 Å². The molecule has 0 heterocycles. The second-order valence-electron chi connectivity index (χ2n) is 20.1. The van der Waals surface area contributed by atoms with Gasteiger partial charge >= 0.3 is 0 Å². The van der Waals surface area contributed by atoms with Crippen molar-refractivity contribution in [1.82, 2.24) is 9.80 Å². The molecule has 4 rings (SSSR count). The Morgan fingerprint density at radius 3 is 0.836 bits per heavy atom. The molecule has 1 aliphatic rings. The third kappa shape index (κ3) is 51.4. The third-order valence-electron chi connectivity index (χ3n) is 13.1. The summed E-state index contributed by atoms with van der Waals surface area (Å²) >= 11 is 0. The zero-order valence-electron chi connectivity index (χ0n) is 63.7. The molecule has 0 radical (unpaired) electrons. The van der Waals surface area contributed by atoms with Gasteiger partial charge in [0.25, 0.3) is 0 Å². The van der Waals surface area contributed by atoms with Crippen LogP contribution in [0.1, 0.15) is 101 Å². The first-order chi connectivity index (χ1) is 54.1. The van der Waals surface area contributed by atoms with Gasteiger partial charge in [-0.2, -0.15) is 0 Å². The second-order valence-corrected chi connectivity index (χ2v) is 20.1. The Kier molecular flexibility index (Phi) is 58.9. The molecule has 0 aromatic heterocycles. The number of ether oxygens (including phenoxy) is 5. The smallest absolute Gasteiger partial charge is 0.123 e. The molecule has 0 N–H and O–H groups in total. The predicted octanol–water partition coefficient (Wildman–Crippen LogP) is 10.1. The Hall–Kier alpha value is -15.8. The summed E-state index contributed by atoms with van der Waals surface area (Å²) in [6.07, 6.45) is 2.32. The van der Waals surface area contributed by atoms with Crippen LogP contribution in [0.25, 0.3) is 5.57 Å². The molecule has 0 bridgehead atoms. The first kappa shape index (κ1) is 92.2. The minimum absolute atomic E-state index is 0.308. The van der Waals surface area contributed by atoms with E-state index in [4.69, 9.17) is 23.7 Å². The summed E-state index contributed by atoms with van der Waals surface area (Å²) in [5.41, 5.74) is 8.31. The molecular formula is C103H72N2O5. The van der Waals surface area contributed by atoms with E-state index in [1.165, 1.54) is 33.4 Å². The SMILES string of the molecule is CC#CC#CC#CC#CC#CC#CC#CC#CC#CC#CC#CC#CC#CC#CC#CC#CC#CC#CC#CC#CC#CC#CC#CC#CC#CC#CC#CC#CC#CC.CC1=CC(C)c2ccccc21.CCN(CCOCCOC)C(C)c1ccccc1C.CCN(CCOCCOC)C(C)c1ccccc1OC. The fourth-order valence-electron chi connectivity index (χ4n) is 8.18. The Morgan fingerprint density at radius 2 is 0.573 bits per heavy atom. The average Bonchev–Trinajstić information content (AvgIpc) is 1.64. The van der Waals surface area contributed by atoms with E-state index in [0.29, 0.717) is 44.4 Å². The van der Waals surface area contributed by atoms with Crippen LogP contribution in [0.5, 0.6) is 5.75 Å². The van der Waals surface area contributed by atoms with Gasteiger partial charge in [0.2, 0.25) is 0 Å². The second kappa shape index (κ2) is 70.2. The van der Waals surface area contributed by atoms with Crippen molar-refractivity contribution in [3.8, 4) is 349 Å². The Labute approximate surface area is 658 Å². The third-order valence-corrected chi connectivity index (χ3v) is 13.1. The van der Waals surface area contributed by atoms with Crippen molar-refractivity contribution in [1.29, 1.82) is 0 Å². The van der Waals surface area contributed by atoms with Crippen LogP contribution in [-0.4, -0.2) is 96.9 Å². The van der Waals surface area contributed by atoms with Crippen LogP contribution in [0.15, 0.2) is 78.9 Å². The molecule has 0 amide bonds. The van der Waals surface area contributed by atoms with Gasteiger partial charge < -0.3 is 23.7 Å². The fraction of sp³-hybridized carbons (Fsp3) is 0.243. The van der Waals surface area contributed by atoms with Crippen LogP contribution in [0, 0.1) is 350 Å². The number of methoxy groups -OCH3 is 3. The van der Waals surface area contributed by atoms with Crippen LogP contribution in [0.2, 0.25) is 0 Å². The minimum atomic E-state index is 0.308. The molecule has 0 saturated heterocycles. The van der Waals surface area contributed by atoms with Crippen LogP contribution < -0.4 is 4.74 Å². The van der Waals surface area contributed by atoms with Gasteiger partial charge in [-0.3, -0.25) is 9.80 Å². The van der Waals surface area contributed by atoms with Crippen LogP contribution >= 0.6 is 0 Å². The first-order valence-electron chi connectivity index (χ1n) is 33.6. The molecule has 1 aliphatic carbocycles. The maximum atomic E-state index is 5.56. The number of fused-ring (bicyclic) bond motifs is 1. The normalized spacial score (nSPS) is 8.82.